The highest BCUT2D eigenvalue weighted by Crippen LogP contribution is 2.25. The van der Waals surface area contributed by atoms with Crippen LogP contribution < -0.4 is 5.32 Å². The molecule has 0 aliphatic heterocycles. The number of hydrogen-bond donors (Lipinski definition) is 1. The molecule has 72 valence electrons. The molecule has 2 heteroatoms. The highest BCUT2D eigenvalue weighted by atomic mass is 35.5. The van der Waals surface area contributed by atoms with Gasteiger partial charge in [0, 0.05) is 0 Å². The average Bonchev–Trinajstić information content (AvgIpc) is 2.02. The van der Waals surface area contributed by atoms with Crippen molar-refractivity contribution in [2.45, 2.75) is 26.3 Å². The second kappa shape index (κ2) is 4.12. The zero-order valence-corrected chi connectivity index (χ0v) is 9.37. The summed E-state index contributed by atoms with van der Waals surface area (Å²) >= 11 is 6.14. The smallest absolute Gasteiger partial charge is 0.108 e. The Morgan fingerprint density at radius 2 is 1.62 bits per heavy atom. The topological polar surface area (TPSA) is 12.0 Å². The average molecular weight is 198 g/mol. The molecule has 1 atom stereocenters. The van der Waals surface area contributed by atoms with Gasteiger partial charge in [0.2, 0.25) is 0 Å². The Labute approximate surface area is 85.1 Å². The maximum absolute atomic E-state index is 6.14. The minimum atomic E-state index is -0.0828. The quantitative estimate of drug-likeness (QED) is 0.568. The van der Waals surface area contributed by atoms with E-state index in [1.54, 1.807) is 0 Å². The fraction of sp³-hybridized carbons (Fsp3) is 0.455. The van der Waals surface area contributed by atoms with Crippen molar-refractivity contribution in [2.24, 2.45) is 0 Å². The first kappa shape index (κ1) is 10.6. The molecule has 0 amide bonds. The molecular formula is C11H16ClN. The lowest BCUT2D eigenvalue weighted by molar-refractivity contribution is 0.772. The Kier molecular flexibility index (Phi) is 3.34. The van der Waals surface area contributed by atoms with E-state index in [4.69, 9.17) is 11.6 Å². The third-order valence-corrected chi connectivity index (χ3v) is 2.68. The molecule has 0 aromatic heterocycles. The zero-order chi connectivity index (χ0) is 10.0. The second-order valence-electron chi connectivity index (χ2n) is 3.46. The van der Waals surface area contributed by atoms with Gasteiger partial charge in [0.25, 0.3) is 0 Å². The van der Waals surface area contributed by atoms with Gasteiger partial charge in [0.1, 0.15) is 5.50 Å². The van der Waals surface area contributed by atoms with Crippen molar-refractivity contribution in [3.05, 3.63) is 34.4 Å². The first-order valence-corrected chi connectivity index (χ1v) is 4.89. The molecule has 0 saturated heterocycles. The summed E-state index contributed by atoms with van der Waals surface area (Å²) in [4.78, 5) is 0. The minimum Gasteiger partial charge on any atom is -0.301 e. The Bertz CT molecular complexity index is 284. The summed E-state index contributed by atoms with van der Waals surface area (Å²) in [6, 6.07) is 4.32. The number of rotatable bonds is 2. The van der Waals surface area contributed by atoms with Gasteiger partial charge >= 0.3 is 0 Å². The molecule has 0 aliphatic rings. The normalized spacial score (nSPS) is 13.0. The molecule has 1 nitrogen and oxygen atoms in total. The van der Waals surface area contributed by atoms with E-state index in [0.29, 0.717) is 0 Å². The minimum absolute atomic E-state index is 0.0828. The van der Waals surface area contributed by atoms with E-state index >= 15 is 0 Å². The standard InChI is InChI=1S/C11H16ClN/c1-7-5-8(2)10(9(3)6-7)11(12)13-4/h5-6,11,13H,1-4H3. The lowest BCUT2D eigenvalue weighted by Gasteiger charge is -2.15. The number of nitrogens with one attached hydrogen (secondary N) is 1. The monoisotopic (exact) mass is 197 g/mol. The van der Waals surface area contributed by atoms with Crippen molar-refractivity contribution in [3.8, 4) is 0 Å². The Balaban J connectivity index is 3.20. The Hall–Kier alpha value is -0.530. The predicted octanol–water partition coefficient (Wildman–Crippen LogP) is 3.07. The SMILES string of the molecule is CNC(Cl)c1c(C)cc(C)cc1C. The van der Waals surface area contributed by atoms with Crippen LogP contribution in [0.15, 0.2) is 12.1 Å². The van der Waals surface area contributed by atoms with Gasteiger partial charge in [-0.3, -0.25) is 0 Å². The van der Waals surface area contributed by atoms with Crippen molar-refractivity contribution in [2.75, 3.05) is 7.05 Å². The molecule has 0 saturated carbocycles. The van der Waals surface area contributed by atoms with Crippen LogP contribution in [0.2, 0.25) is 0 Å². The molecule has 1 N–H and O–H groups in total. The summed E-state index contributed by atoms with van der Waals surface area (Å²) in [7, 11) is 1.87. The van der Waals surface area contributed by atoms with Gasteiger partial charge in [-0.25, -0.2) is 0 Å². The molecule has 0 fully saturated rings. The first-order valence-electron chi connectivity index (χ1n) is 4.45. The molecule has 0 heterocycles. The third-order valence-electron chi connectivity index (χ3n) is 2.24. The van der Waals surface area contributed by atoms with E-state index < -0.39 is 0 Å². The van der Waals surface area contributed by atoms with Crippen molar-refractivity contribution >= 4 is 11.6 Å². The summed E-state index contributed by atoms with van der Waals surface area (Å²) in [6.45, 7) is 6.30. The highest BCUT2D eigenvalue weighted by Gasteiger charge is 2.11. The zero-order valence-electron chi connectivity index (χ0n) is 8.61. The van der Waals surface area contributed by atoms with Gasteiger partial charge in [0.15, 0.2) is 0 Å². The van der Waals surface area contributed by atoms with Gasteiger partial charge in [-0.1, -0.05) is 17.7 Å². The molecule has 1 aromatic rings. The van der Waals surface area contributed by atoms with Crippen LogP contribution in [0.5, 0.6) is 0 Å². The number of alkyl halides is 1. The molecule has 13 heavy (non-hydrogen) atoms. The molecule has 0 radical (unpaired) electrons. The van der Waals surface area contributed by atoms with Crippen molar-refractivity contribution in [1.82, 2.24) is 5.32 Å². The maximum Gasteiger partial charge on any atom is 0.108 e. The van der Waals surface area contributed by atoms with E-state index in [-0.39, 0.29) is 5.50 Å². The molecule has 1 unspecified atom stereocenters. The number of benzene rings is 1. The largest absolute Gasteiger partial charge is 0.301 e. The predicted molar refractivity (Wildman–Crippen MR) is 58.3 cm³/mol. The lowest BCUT2D eigenvalue weighted by atomic mass is 10.00. The van der Waals surface area contributed by atoms with E-state index in [1.807, 2.05) is 7.05 Å². The highest BCUT2D eigenvalue weighted by molar-refractivity contribution is 6.20. The van der Waals surface area contributed by atoms with Crippen molar-refractivity contribution < 1.29 is 0 Å². The van der Waals surface area contributed by atoms with Crippen LogP contribution in [0.25, 0.3) is 0 Å². The fourth-order valence-corrected chi connectivity index (χ4v) is 2.08. The number of aryl methyl sites for hydroxylation is 3. The van der Waals surface area contributed by atoms with Crippen LogP contribution in [-0.2, 0) is 0 Å². The van der Waals surface area contributed by atoms with Crippen molar-refractivity contribution in [3.63, 3.8) is 0 Å². The van der Waals surface area contributed by atoms with Crippen LogP contribution in [0.4, 0.5) is 0 Å². The van der Waals surface area contributed by atoms with Gasteiger partial charge in [-0.15, -0.1) is 11.6 Å². The summed E-state index contributed by atoms with van der Waals surface area (Å²) < 4.78 is 0. The van der Waals surface area contributed by atoms with E-state index in [1.165, 1.54) is 22.3 Å². The van der Waals surface area contributed by atoms with Crippen LogP contribution >= 0.6 is 11.6 Å². The van der Waals surface area contributed by atoms with Gasteiger partial charge in [0.05, 0.1) is 0 Å². The Morgan fingerprint density at radius 3 is 2.00 bits per heavy atom. The summed E-state index contributed by atoms with van der Waals surface area (Å²) in [5, 5.41) is 3.05. The van der Waals surface area contributed by atoms with E-state index in [2.05, 4.69) is 38.2 Å². The summed E-state index contributed by atoms with van der Waals surface area (Å²) in [6.07, 6.45) is 0. The van der Waals surface area contributed by atoms with Crippen LogP contribution in [-0.4, -0.2) is 7.05 Å². The number of halogens is 1. The first-order chi connectivity index (χ1) is 6.06. The van der Waals surface area contributed by atoms with Crippen molar-refractivity contribution in [1.29, 1.82) is 0 Å². The summed E-state index contributed by atoms with van der Waals surface area (Å²) in [5.41, 5.74) is 4.92. The molecule has 0 aliphatic carbocycles. The molecule has 0 spiro atoms. The number of hydrogen-bond acceptors (Lipinski definition) is 1. The van der Waals surface area contributed by atoms with E-state index in [9.17, 15) is 0 Å². The molecule has 0 bridgehead atoms. The van der Waals surface area contributed by atoms with Gasteiger partial charge in [-0.2, -0.15) is 0 Å². The summed E-state index contributed by atoms with van der Waals surface area (Å²) in [5.74, 6) is 0. The molecule has 1 rings (SSSR count). The molecular weight excluding hydrogens is 182 g/mol. The van der Waals surface area contributed by atoms with E-state index in [0.717, 1.165) is 0 Å². The third kappa shape index (κ3) is 2.23. The fourth-order valence-electron chi connectivity index (χ4n) is 1.74. The van der Waals surface area contributed by atoms with Crippen LogP contribution in [0, 0.1) is 20.8 Å². The van der Waals surface area contributed by atoms with Gasteiger partial charge in [-0.05, 0) is 44.5 Å². The van der Waals surface area contributed by atoms with Crippen LogP contribution in [0.1, 0.15) is 27.8 Å². The van der Waals surface area contributed by atoms with Crippen LogP contribution in [0.3, 0.4) is 0 Å². The lowest BCUT2D eigenvalue weighted by Crippen LogP contribution is -2.12. The Morgan fingerprint density at radius 1 is 1.15 bits per heavy atom. The van der Waals surface area contributed by atoms with Gasteiger partial charge < -0.3 is 5.32 Å². The molecule has 1 aromatic carbocycles. The second-order valence-corrected chi connectivity index (χ2v) is 3.90. The maximum atomic E-state index is 6.14.